The molecule has 0 aliphatic carbocycles. The van der Waals surface area contributed by atoms with Crippen LogP contribution in [0.2, 0.25) is 0 Å². The van der Waals surface area contributed by atoms with Gasteiger partial charge in [-0.1, -0.05) is 0 Å². The van der Waals surface area contributed by atoms with E-state index in [4.69, 9.17) is 5.73 Å². The molecule has 48 valence electrons. The highest BCUT2D eigenvalue weighted by atomic mass is 15.4. The molecule has 0 fully saturated rings. The van der Waals surface area contributed by atoms with Crippen molar-refractivity contribution >= 4 is 6.21 Å². The number of rotatable bonds is 3. The molecule has 0 amide bonds. The number of nitrogens with zero attached hydrogens (tertiary/aromatic N) is 2. The van der Waals surface area contributed by atoms with Gasteiger partial charge in [0, 0.05) is 26.4 Å². The molecule has 0 radical (unpaired) electrons. The molecule has 0 unspecified atom stereocenters. The first-order valence-electron chi connectivity index (χ1n) is 2.71. The Balaban J connectivity index is 3.17. The Morgan fingerprint density at radius 1 is 1.75 bits per heavy atom. The Morgan fingerprint density at radius 2 is 2.38 bits per heavy atom. The molecule has 0 aromatic rings. The van der Waals surface area contributed by atoms with Crippen LogP contribution in [0.1, 0.15) is 6.92 Å². The Labute approximate surface area is 50.2 Å². The van der Waals surface area contributed by atoms with Gasteiger partial charge >= 0.3 is 0 Å². The van der Waals surface area contributed by atoms with E-state index in [1.54, 1.807) is 11.2 Å². The van der Waals surface area contributed by atoms with Crippen LogP contribution in [0.15, 0.2) is 5.10 Å². The molecular weight excluding hydrogens is 102 g/mol. The summed E-state index contributed by atoms with van der Waals surface area (Å²) in [5.41, 5.74) is 5.24. The van der Waals surface area contributed by atoms with E-state index in [-0.39, 0.29) is 0 Å². The molecule has 0 atom stereocenters. The minimum atomic E-state index is 0.661. The summed E-state index contributed by atoms with van der Waals surface area (Å²) in [6.07, 6.45) is 1.75. The van der Waals surface area contributed by atoms with E-state index in [9.17, 15) is 0 Å². The van der Waals surface area contributed by atoms with Gasteiger partial charge in [-0.2, -0.15) is 5.10 Å². The monoisotopic (exact) mass is 115 g/mol. The molecule has 0 heterocycles. The maximum Gasteiger partial charge on any atom is 0.0479 e. The van der Waals surface area contributed by atoms with Crippen molar-refractivity contribution in [3.63, 3.8) is 0 Å². The maximum absolute atomic E-state index is 5.24. The number of hydrazone groups is 1. The zero-order chi connectivity index (χ0) is 6.41. The van der Waals surface area contributed by atoms with Gasteiger partial charge in [-0.15, -0.1) is 0 Å². The van der Waals surface area contributed by atoms with Crippen LogP contribution in [0.5, 0.6) is 0 Å². The van der Waals surface area contributed by atoms with Crippen molar-refractivity contribution in [1.82, 2.24) is 5.01 Å². The highest BCUT2D eigenvalue weighted by Gasteiger charge is 1.83. The van der Waals surface area contributed by atoms with Crippen molar-refractivity contribution in [3.05, 3.63) is 0 Å². The fourth-order valence-corrected chi connectivity index (χ4v) is 0.442. The molecular formula is C5H13N3. The smallest absolute Gasteiger partial charge is 0.0479 e. The van der Waals surface area contributed by atoms with E-state index in [1.807, 2.05) is 14.0 Å². The van der Waals surface area contributed by atoms with E-state index in [1.165, 1.54) is 0 Å². The lowest BCUT2D eigenvalue weighted by atomic mass is 10.6. The Kier molecular flexibility index (Phi) is 4.26. The summed E-state index contributed by atoms with van der Waals surface area (Å²) in [6.45, 7) is 3.37. The summed E-state index contributed by atoms with van der Waals surface area (Å²) < 4.78 is 0. The van der Waals surface area contributed by atoms with Gasteiger partial charge in [-0.25, -0.2) is 0 Å². The molecule has 3 heteroatoms. The molecule has 0 saturated carbocycles. The fraction of sp³-hybridized carbons (Fsp3) is 0.800. The summed E-state index contributed by atoms with van der Waals surface area (Å²) in [5.74, 6) is 0. The molecule has 3 nitrogen and oxygen atoms in total. The van der Waals surface area contributed by atoms with E-state index in [0.29, 0.717) is 6.54 Å². The second-order valence-corrected chi connectivity index (χ2v) is 1.54. The second kappa shape index (κ2) is 4.59. The predicted molar refractivity (Wildman–Crippen MR) is 35.9 cm³/mol. The molecule has 0 saturated heterocycles. The summed E-state index contributed by atoms with van der Waals surface area (Å²) >= 11 is 0. The Bertz CT molecular complexity index is 70.1. The Morgan fingerprint density at radius 3 is 2.75 bits per heavy atom. The van der Waals surface area contributed by atoms with Gasteiger partial charge < -0.3 is 5.73 Å². The van der Waals surface area contributed by atoms with Gasteiger partial charge in [0.2, 0.25) is 0 Å². The summed E-state index contributed by atoms with van der Waals surface area (Å²) in [5, 5.41) is 5.75. The van der Waals surface area contributed by atoms with E-state index in [0.717, 1.165) is 6.54 Å². The largest absolute Gasteiger partial charge is 0.329 e. The predicted octanol–water partition coefficient (Wildman–Crippen LogP) is -0.117. The van der Waals surface area contributed by atoms with E-state index >= 15 is 0 Å². The SMILES string of the molecule is C/C=N/N(C)CCN. The average molecular weight is 115 g/mol. The molecule has 0 bridgehead atoms. The summed E-state index contributed by atoms with van der Waals surface area (Å²) in [7, 11) is 1.90. The van der Waals surface area contributed by atoms with Gasteiger partial charge in [0.05, 0.1) is 0 Å². The highest BCUT2D eigenvalue weighted by molar-refractivity contribution is 5.52. The van der Waals surface area contributed by atoms with Crippen LogP contribution in [0.4, 0.5) is 0 Å². The van der Waals surface area contributed by atoms with Crippen LogP contribution in [0.25, 0.3) is 0 Å². The number of hydrogen-bond donors (Lipinski definition) is 1. The molecule has 2 N–H and O–H groups in total. The molecule has 0 aromatic heterocycles. The van der Waals surface area contributed by atoms with Gasteiger partial charge in [0.15, 0.2) is 0 Å². The van der Waals surface area contributed by atoms with Crippen LogP contribution in [-0.4, -0.2) is 31.4 Å². The third kappa shape index (κ3) is 3.61. The van der Waals surface area contributed by atoms with Crippen molar-refractivity contribution in [1.29, 1.82) is 0 Å². The second-order valence-electron chi connectivity index (χ2n) is 1.54. The minimum absolute atomic E-state index is 0.661. The van der Waals surface area contributed by atoms with E-state index in [2.05, 4.69) is 5.10 Å². The first-order valence-corrected chi connectivity index (χ1v) is 2.71. The molecule has 0 aliphatic rings. The zero-order valence-electron chi connectivity index (χ0n) is 5.46. The summed E-state index contributed by atoms with van der Waals surface area (Å²) in [4.78, 5) is 0. The van der Waals surface area contributed by atoms with Gasteiger partial charge in [0.1, 0.15) is 0 Å². The van der Waals surface area contributed by atoms with Crippen LogP contribution in [0, 0.1) is 0 Å². The standard InChI is InChI=1S/C5H13N3/c1-3-7-8(2)5-4-6/h3H,4-6H2,1-2H3/b7-3+. The summed E-state index contributed by atoms with van der Waals surface area (Å²) in [6, 6.07) is 0. The minimum Gasteiger partial charge on any atom is -0.329 e. The highest BCUT2D eigenvalue weighted by Crippen LogP contribution is 1.76. The first-order chi connectivity index (χ1) is 3.81. The topological polar surface area (TPSA) is 41.6 Å². The fourth-order valence-electron chi connectivity index (χ4n) is 0.442. The van der Waals surface area contributed by atoms with Crippen molar-refractivity contribution in [2.24, 2.45) is 10.8 Å². The Hall–Kier alpha value is -0.570. The van der Waals surface area contributed by atoms with Gasteiger partial charge in [0.25, 0.3) is 0 Å². The number of hydrogen-bond acceptors (Lipinski definition) is 3. The normalized spacial score (nSPS) is 10.4. The molecule has 8 heavy (non-hydrogen) atoms. The lowest BCUT2D eigenvalue weighted by Gasteiger charge is -2.08. The molecule has 0 spiro atoms. The average Bonchev–Trinajstić information content (AvgIpc) is 1.68. The lowest BCUT2D eigenvalue weighted by Crippen LogP contribution is -2.20. The quantitative estimate of drug-likeness (QED) is 0.411. The third-order valence-electron chi connectivity index (χ3n) is 0.765. The van der Waals surface area contributed by atoms with Crippen molar-refractivity contribution < 1.29 is 0 Å². The number of likely N-dealkylation sites (N-methyl/N-ethyl adjacent to an activating group) is 1. The maximum atomic E-state index is 5.24. The van der Waals surface area contributed by atoms with Crippen LogP contribution in [-0.2, 0) is 0 Å². The van der Waals surface area contributed by atoms with Crippen LogP contribution >= 0.6 is 0 Å². The van der Waals surface area contributed by atoms with Gasteiger partial charge in [-0.05, 0) is 6.92 Å². The first kappa shape index (κ1) is 7.43. The molecule has 0 rings (SSSR count). The van der Waals surface area contributed by atoms with Crippen molar-refractivity contribution in [2.45, 2.75) is 6.92 Å². The molecule has 0 aromatic carbocycles. The van der Waals surface area contributed by atoms with Crippen molar-refractivity contribution in [3.8, 4) is 0 Å². The van der Waals surface area contributed by atoms with Crippen molar-refractivity contribution in [2.75, 3.05) is 20.1 Å². The van der Waals surface area contributed by atoms with E-state index < -0.39 is 0 Å². The third-order valence-corrected chi connectivity index (χ3v) is 0.765. The van der Waals surface area contributed by atoms with Gasteiger partial charge in [-0.3, -0.25) is 5.01 Å². The number of nitrogens with two attached hydrogens (primary N) is 1. The van der Waals surface area contributed by atoms with Crippen LogP contribution < -0.4 is 5.73 Å². The lowest BCUT2D eigenvalue weighted by molar-refractivity contribution is 0.366. The zero-order valence-corrected chi connectivity index (χ0v) is 5.46. The van der Waals surface area contributed by atoms with Crippen LogP contribution in [0.3, 0.4) is 0 Å². The molecule has 0 aliphatic heterocycles.